The van der Waals surface area contributed by atoms with E-state index in [1.165, 1.54) is 6.07 Å². The van der Waals surface area contributed by atoms with Gasteiger partial charge in [-0.25, -0.2) is 0 Å². The first-order valence-corrected chi connectivity index (χ1v) is 8.16. The van der Waals surface area contributed by atoms with Gasteiger partial charge in [0.25, 0.3) is 5.91 Å². The van der Waals surface area contributed by atoms with Crippen LogP contribution < -0.4 is 10.7 Å². The second kappa shape index (κ2) is 5.78. The van der Waals surface area contributed by atoms with Crippen LogP contribution in [0.15, 0.2) is 17.1 Å². The van der Waals surface area contributed by atoms with Gasteiger partial charge in [0.15, 0.2) is 5.43 Å². The van der Waals surface area contributed by atoms with E-state index in [1.807, 2.05) is 14.0 Å². The summed E-state index contributed by atoms with van der Waals surface area (Å²) in [6.45, 7) is 10.6. The van der Waals surface area contributed by atoms with Gasteiger partial charge in [-0.2, -0.15) is 0 Å². The SMILES string of the molecule is Cc1cc(=O)c(C(=O)NC2CC(C)(C)N(C)C(C)(C)C2)cn1C. The van der Waals surface area contributed by atoms with Gasteiger partial charge in [0.2, 0.25) is 0 Å². The van der Waals surface area contributed by atoms with Crippen molar-refractivity contribution in [2.45, 2.75) is 64.6 Å². The fraction of sp³-hybridized carbons (Fsp3) is 0.667. The average molecular weight is 319 g/mol. The molecule has 128 valence electrons. The predicted molar refractivity (Wildman–Crippen MR) is 92.8 cm³/mol. The van der Waals surface area contributed by atoms with Crippen LogP contribution in [0.3, 0.4) is 0 Å². The number of nitrogens with zero attached hydrogens (tertiary/aromatic N) is 2. The highest BCUT2D eigenvalue weighted by molar-refractivity contribution is 5.94. The van der Waals surface area contributed by atoms with Crippen LogP contribution in [-0.4, -0.2) is 39.5 Å². The lowest BCUT2D eigenvalue weighted by atomic mass is 9.77. The van der Waals surface area contributed by atoms with Crippen molar-refractivity contribution in [1.29, 1.82) is 0 Å². The van der Waals surface area contributed by atoms with Crippen LogP contribution in [0.2, 0.25) is 0 Å². The molecule has 2 heterocycles. The first-order valence-electron chi connectivity index (χ1n) is 8.16. The molecule has 5 nitrogen and oxygen atoms in total. The van der Waals surface area contributed by atoms with Gasteiger partial charge in [0, 0.05) is 42.1 Å². The maximum Gasteiger partial charge on any atom is 0.256 e. The van der Waals surface area contributed by atoms with Crippen LogP contribution in [0.5, 0.6) is 0 Å². The number of hydrogen-bond acceptors (Lipinski definition) is 3. The molecular weight excluding hydrogens is 290 g/mol. The third-order valence-electron chi connectivity index (χ3n) is 5.37. The van der Waals surface area contributed by atoms with E-state index in [4.69, 9.17) is 0 Å². The minimum absolute atomic E-state index is 0.00205. The second-order valence-corrected chi connectivity index (χ2v) is 8.07. The summed E-state index contributed by atoms with van der Waals surface area (Å²) in [5.41, 5.74) is 0.834. The number of carbonyl (C=O) groups is 1. The Hall–Kier alpha value is -1.62. The maximum atomic E-state index is 12.6. The molecule has 1 amide bonds. The third-order valence-corrected chi connectivity index (χ3v) is 5.37. The largest absolute Gasteiger partial charge is 0.354 e. The van der Waals surface area contributed by atoms with Crippen LogP contribution in [-0.2, 0) is 7.05 Å². The molecule has 0 spiro atoms. The second-order valence-electron chi connectivity index (χ2n) is 8.07. The fourth-order valence-corrected chi connectivity index (χ4v) is 3.64. The van der Waals surface area contributed by atoms with Crippen molar-refractivity contribution in [3.8, 4) is 0 Å². The molecule has 0 aromatic carbocycles. The van der Waals surface area contributed by atoms with Gasteiger partial charge in [-0.05, 0) is 54.5 Å². The molecule has 0 radical (unpaired) electrons. The smallest absolute Gasteiger partial charge is 0.256 e. The molecule has 1 aliphatic rings. The Morgan fingerprint density at radius 2 is 1.70 bits per heavy atom. The number of hydrogen-bond donors (Lipinski definition) is 1. The lowest BCUT2D eigenvalue weighted by Crippen LogP contribution is -2.62. The van der Waals surface area contributed by atoms with Crippen LogP contribution in [0.25, 0.3) is 0 Å². The zero-order valence-corrected chi connectivity index (χ0v) is 15.4. The van der Waals surface area contributed by atoms with Gasteiger partial charge in [0.05, 0.1) is 0 Å². The molecule has 0 aliphatic carbocycles. The molecule has 0 unspecified atom stereocenters. The van der Waals surface area contributed by atoms with E-state index in [0.29, 0.717) is 0 Å². The first kappa shape index (κ1) is 17.7. The highest BCUT2D eigenvalue weighted by Gasteiger charge is 2.43. The summed E-state index contributed by atoms with van der Waals surface area (Å²) < 4.78 is 1.80. The summed E-state index contributed by atoms with van der Waals surface area (Å²) in [5.74, 6) is -0.272. The molecule has 2 rings (SSSR count). The minimum atomic E-state index is -0.272. The zero-order valence-electron chi connectivity index (χ0n) is 15.4. The Balaban J connectivity index is 2.21. The highest BCUT2D eigenvalue weighted by Crippen LogP contribution is 2.36. The summed E-state index contributed by atoms with van der Waals surface area (Å²) in [6.07, 6.45) is 3.36. The van der Waals surface area contributed by atoms with Gasteiger partial charge in [-0.1, -0.05) is 0 Å². The van der Waals surface area contributed by atoms with Gasteiger partial charge < -0.3 is 9.88 Å². The molecule has 0 atom stereocenters. The Bertz CT molecular complexity index is 655. The maximum absolute atomic E-state index is 12.6. The van der Waals surface area contributed by atoms with Crippen molar-refractivity contribution < 1.29 is 4.79 Å². The van der Waals surface area contributed by atoms with E-state index in [-0.39, 0.29) is 34.0 Å². The Morgan fingerprint density at radius 3 is 2.22 bits per heavy atom. The molecular formula is C18H29N3O2. The average Bonchev–Trinajstić information content (AvgIpc) is 2.39. The lowest BCUT2D eigenvalue weighted by Gasteiger charge is -2.53. The van der Waals surface area contributed by atoms with Gasteiger partial charge >= 0.3 is 0 Å². The number of rotatable bonds is 2. The van der Waals surface area contributed by atoms with E-state index in [2.05, 4.69) is 45.0 Å². The van der Waals surface area contributed by atoms with Crippen molar-refractivity contribution in [1.82, 2.24) is 14.8 Å². The summed E-state index contributed by atoms with van der Waals surface area (Å²) in [7, 11) is 3.97. The molecule has 1 fully saturated rings. The topological polar surface area (TPSA) is 54.3 Å². The summed E-state index contributed by atoms with van der Waals surface area (Å²) in [6, 6.07) is 1.58. The van der Waals surface area contributed by atoms with Gasteiger partial charge in [-0.15, -0.1) is 0 Å². The number of aromatic nitrogens is 1. The summed E-state index contributed by atoms with van der Waals surface area (Å²) in [5, 5.41) is 3.08. The zero-order chi connectivity index (χ0) is 17.6. The summed E-state index contributed by atoms with van der Waals surface area (Å²) >= 11 is 0. The van der Waals surface area contributed by atoms with Crippen LogP contribution in [0, 0.1) is 6.92 Å². The number of likely N-dealkylation sites (tertiary alicyclic amines) is 1. The number of pyridine rings is 1. The minimum Gasteiger partial charge on any atom is -0.354 e. The van der Waals surface area contributed by atoms with Crippen molar-refractivity contribution in [3.63, 3.8) is 0 Å². The number of piperidine rings is 1. The standard InChI is InChI=1S/C18H29N3O2/c1-12-8-15(22)14(11-20(12)6)16(23)19-13-9-17(2,3)21(7)18(4,5)10-13/h8,11,13H,9-10H2,1-7H3,(H,19,23). The molecule has 1 saturated heterocycles. The Labute approximate surface area is 138 Å². The fourth-order valence-electron chi connectivity index (χ4n) is 3.64. The lowest BCUT2D eigenvalue weighted by molar-refractivity contribution is -0.0169. The monoisotopic (exact) mass is 319 g/mol. The predicted octanol–water partition coefficient (Wildman–Crippen LogP) is 2.07. The molecule has 5 heteroatoms. The first-order chi connectivity index (χ1) is 10.4. The van der Waals surface area contributed by atoms with Crippen LogP contribution in [0.4, 0.5) is 0 Å². The number of nitrogens with one attached hydrogen (secondary N) is 1. The molecule has 1 N–H and O–H groups in total. The quantitative estimate of drug-likeness (QED) is 0.908. The molecule has 23 heavy (non-hydrogen) atoms. The van der Waals surface area contributed by atoms with E-state index in [9.17, 15) is 9.59 Å². The number of carbonyl (C=O) groups excluding carboxylic acids is 1. The number of aryl methyl sites for hydroxylation is 2. The summed E-state index contributed by atoms with van der Waals surface area (Å²) in [4.78, 5) is 27.0. The molecule has 0 bridgehead atoms. The molecule has 0 saturated carbocycles. The van der Waals surface area contributed by atoms with Crippen molar-refractivity contribution in [2.24, 2.45) is 7.05 Å². The third kappa shape index (κ3) is 3.50. The Kier molecular flexibility index (Phi) is 4.46. The molecule has 1 aliphatic heterocycles. The van der Waals surface area contributed by atoms with Crippen molar-refractivity contribution in [2.75, 3.05) is 7.05 Å². The van der Waals surface area contributed by atoms with Crippen molar-refractivity contribution >= 4 is 5.91 Å². The van der Waals surface area contributed by atoms with Gasteiger partial charge in [0.1, 0.15) is 5.56 Å². The molecule has 1 aromatic rings. The molecule has 1 aromatic heterocycles. The van der Waals surface area contributed by atoms with E-state index in [1.54, 1.807) is 10.8 Å². The van der Waals surface area contributed by atoms with E-state index < -0.39 is 0 Å². The number of amides is 1. The highest BCUT2D eigenvalue weighted by atomic mass is 16.2. The normalized spacial score (nSPS) is 21.2. The van der Waals surface area contributed by atoms with E-state index in [0.717, 1.165) is 18.5 Å². The van der Waals surface area contributed by atoms with Gasteiger partial charge in [-0.3, -0.25) is 14.5 Å². The Morgan fingerprint density at radius 1 is 1.17 bits per heavy atom. The van der Waals surface area contributed by atoms with E-state index >= 15 is 0 Å². The van der Waals surface area contributed by atoms with Crippen LogP contribution in [0.1, 0.15) is 56.6 Å². The van der Waals surface area contributed by atoms with Crippen LogP contribution >= 0.6 is 0 Å². The van der Waals surface area contributed by atoms with Crippen molar-refractivity contribution in [3.05, 3.63) is 33.7 Å².